The first-order chi connectivity index (χ1) is 4.34. The fourth-order valence-electron chi connectivity index (χ4n) is 1.18. The van der Waals surface area contributed by atoms with Crippen molar-refractivity contribution in [2.24, 2.45) is 0 Å². The quantitative estimate of drug-likeness (QED) is 0.513. The normalized spacial score (nSPS) is 23.2. The molecule has 0 radical (unpaired) electrons. The van der Waals surface area contributed by atoms with E-state index in [-0.39, 0.29) is 0 Å². The lowest BCUT2D eigenvalue weighted by Crippen LogP contribution is -2.09. The van der Waals surface area contributed by atoms with Gasteiger partial charge in [0.2, 0.25) is 0 Å². The van der Waals surface area contributed by atoms with Crippen LogP contribution in [-0.2, 0) is 0 Å². The van der Waals surface area contributed by atoms with Gasteiger partial charge in [0.15, 0.2) is 0 Å². The molecule has 1 aliphatic rings. The Morgan fingerprint density at radius 3 is 2.89 bits per heavy atom. The summed E-state index contributed by atoms with van der Waals surface area (Å²) in [6, 6.07) is 0. The average Bonchev–Trinajstić information content (AvgIpc) is 2.18. The highest BCUT2D eigenvalue weighted by Gasteiger charge is 2.09. The van der Waals surface area contributed by atoms with E-state index in [1.807, 2.05) is 6.08 Å². The van der Waals surface area contributed by atoms with E-state index in [0.717, 1.165) is 0 Å². The summed E-state index contributed by atoms with van der Waals surface area (Å²) < 4.78 is 0. The lowest BCUT2D eigenvalue weighted by molar-refractivity contribution is 0.481. The van der Waals surface area contributed by atoms with Crippen LogP contribution in [0.25, 0.3) is 0 Å². The summed E-state index contributed by atoms with van der Waals surface area (Å²) in [6.07, 6.45) is 6.48. The van der Waals surface area contributed by atoms with Crippen molar-refractivity contribution in [2.75, 3.05) is 13.6 Å². The van der Waals surface area contributed by atoms with Crippen LogP contribution in [0.15, 0.2) is 24.4 Å². The molecule has 1 fully saturated rings. The van der Waals surface area contributed by atoms with Crippen molar-refractivity contribution in [3.05, 3.63) is 24.4 Å². The zero-order chi connectivity index (χ0) is 6.69. The van der Waals surface area contributed by atoms with E-state index in [2.05, 4.69) is 24.6 Å². The maximum absolute atomic E-state index is 3.66. The molecule has 0 aromatic rings. The second-order valence-electron chi connectivity index (χ2n) is 2.42. The van der Waals surface area contributed by atoms with E-state index >= 15 is 0 Å². The SMILES string of the molecule is C=C/C=C1/CCCN1C. The minimum absolute atomic E-state index is 1.21. The number of rotatable bonds is 1. The first-order valence-corrected chi connectivity index (χ1v) is 3.37. The van der Waals surface area contributed by atoms with Gasteiger partial charge < -0.3 is 4.90 Å². The molecule has 0 saturated carbocycles. The Hall–Kier alpha value is -0.720. The summed E-state index contributed by atoms with van der Waals surface area (Å²) in [5, 5.41) is 0. The van der Waals surface area contributed by atoms with E-state index in [1.165, 1.54) is 25.1 Å². The molecule has 50 valence electrons. The standard InChI is InChI=1S/C8H13N/c1-3-5-8-6-4-7-9(8)2/h3,5H,1,4,6-7H2,2H3/b8-5-. The number of hydrogen-bond acceptors (Lipinski definition) is 1. The zero-order valence-electron chi connectivity index (χ0n) is 5.93. The van der Waals surface area contributed by atoms with Crippen molar-refractivity contribution >= 4 is 0 Å². The highest BCUT2D eigenvalue weighted by Crippen LogP contribution is 2.17. The highest BCUT2D eigenvalue weighted by atomic mass is 15.1. The van der Waals surface area contributed by atoms with Gasteiger partial charge in [-0.25, -0.2) is 0 Å². The van der Waals surface area contributed by atoms with Crippen molar-refractivity contribution in [1.82, 2.24) is 4.90 Å². The molecule has 0 aromatic heterocycles. The minimum Gasteiger partial charge on any atom is -0.378 e. The molecule has 0 bridgehead atoms. The molecular formula is C8H13N. The molecule has 0 N–H and O–H groups in total. The van der Waals surface area contributed by atoms with Gasteiger partial charge in [0.1, 0.15) is 0 Å². The van der Waals surface area contributed by atoms with Gasteiger partial charge in [0.05, 0.1) is 0 Å². The van der Waals surface area contributed by atoms with Crippen LogP contribution in [0.4, 0.5) is 0 Å². The molecule has 1 nitrogen and oxygen atoms in total. The first-order valence-electron chi connectivity index (χ1n) is 3.37. The number of hydrogen-bond donors (Lipinski definition) is 0. The van der Waals surface area contributed by atoms with Crippen molar-refractivity contribution in [1.29, 1.82) is 0 Å². The Labute approximate surface area is 56.7 Å². The van der Waals surface area contributed by atoms with Crippen molar-refractivity contribution in [2.45, 2.75) is 12.8 Å². The Morgan fingerprint density at radius 1 is 1.67 bits per heavy atom. The molecule has 0 unspecified atom stereocenters. The highest BCUT2D eigenvalue weighted by molar-refractivity contribution is 5.11. The van der Waals surface area contributed by atoms with E-state index in [0.29, 0.717) is 0 Å². The Balaban J connectivity index is 2.58. The first kappa shape index (κ1) is 6.40. The van der Waals surface area contributed by atoms with Crippen molar-refractivity contribution < 1.29 is 0 Å². The molecule has 1 rings (SSSR count). The fraction of sp³-hybridized carbons (Fsp3) is 0.500. The summed E-state index contributed by atoms with van der Waals surface area (Å²) in [6.45, 7) is 4.86. The molecule has 0 atom stereocenters. The Morgan fingerprint density at radius 2 is 2.44 bits per heavy atom. The second-order valence-corrected chi connectivity index (χ2v) is 2.42. The molecule has 0 amide bonds. The van der Waals surface area contributed by atoms with Gasteiger partial charge in [-0.2, -0.15) is 0 Å². The molecule has 1 aliphatic heterocycles. The summed E-state index contributed by atoms with van der Waals surface area (Å²) in [4.78, 5) is 2.28. The van der Waals surface area contributed by atoms with Crippen LogP contribution in [-0.4, -0.2) is 18.5 Å². The largest absolute Gasteiger partial charge is 0.378 e. The monoisotopic (exact) mass is 123 g/mol. The molecule has 9 heavy (non-hydrogen) atoms. The predicted molar refractivity (Wildman–Crippen MR) is 40.1 cm³/mol. The molecule has 1 heteroatoms. The van der Waals surface area contributed by atoms with Crippen LogP contribution >= 0.6 is 0 Å². The summed E-state index contributed by atoms with van der Waals surface area (Å²) in [5.41, 5.74) is 1.42. The topological polar surface area (TPSA) is 3.24 Å². The van der Waals surface area contributed by atoms with Crippen LogP contribution in [0.2, 0.25) is 0 Å². The Kier molecular flexibility index (Phi) is 1.93. The molecule has 1 saturated heterocycles. The van der Waals surface area contributed by atoms with Crippen LogP contribution in [0.5, 0.6) is 0 Å². The van der Waals surface area contributed by atoms with E-state index in [1.54, 1.807) is 0 Å². The number of allylic oxidation sites excluding steroid dienone is 3. The molecule has 0 aromatic carbocycles. The minimum atomic E-state index is 1.21. The number of nitrogens with zero attached hydrogens (tertiary/aromatic N) is 1. The third-order valence-corrected chi connectivity index (χ3v) is 1.73. The van der Waals surface area contributed by atoms with Crippen LogP contribution < -0.4 is 0 Å². The van der Waals surface area contributed by atoms with Gasteiger partial charge in [-0.05, 0) is 18.9 Å². The van der Waals surface area contributed by atoms with Gasteiger partial charge in [-0.3, -0.25) is 0 Å². The van der Waals surface area contributed by atoms with E-state index in [9.17, 15) is 0 Å². The maximum Gasteiger partial charge on any atom is 0.0175 e. The second kappa shape index (κ2) is 2.72. The predicted octanol–water partition coefficient (Wildman–Crippen LogP) is 1.78. The van der Waals surface area contributed by atoms with Gasteiger partial charge in [-0.15, -0.1) is 0 Å². The summed E-state index contributed by atoms with van der Waals surface area (Å²) in [5.74, 6) is 0. The van der Waals surface area contributed by atoms with Gasteiger partial charge in [0.25, 0.3) is 0 Å². The molecule has 0 aliphatic carbocycles. The van der Waals surface area contributed by atoms with E-state index in [4.69, 9.17) is 0 Å². The van der Waals surface area contributed by atoms with Gasteiger partial charge in [0, 0.05) is 19.3 Å². The van der Waals surface area contributed by atoms with Crippen molar-refractivity contribution in [3.63, 3.8) is 0 Å². The van der Waals surface area contributed by atoms with Gasteiger partial charge >= 0.3 is 0 Å². The van der Waals surface area contributed by atoms with Crippen LogP contribution in [0.1, 0.15) is 12.8 Å². The zero-order valence-corrected chi connectivity index (χ0v) is 5.93. The molecule has 0 spiro atoms. The lowest BCUT2D eigenvalue weighted by Gasteiger charge is -2.10. The third-order valence-electron chi connectivity index (χ3n) is 1.73. The summed E-state index contributed by atoms with van der Waals surface area (Å²) in [7, 11) is 2.13. The van der Waals surface area contributed by atoms with Crippen LogP contribution in [0.3, 0.4) is 0 Å². The van der Waals surface area contributed by atoms with E-state index < -0.39 is 0 Å². The Bertz CT molecular complexity index is 136. The summed E-state index contributed by atoms with van der Waals surface area (Å²) >= 11 is 0. The average molecular weight is 123 g/mol. The fourth-order valence-corrected chi connectivity index (χ4v) is 1.18. The third kappa shape index (κ3) is 1.35. The molecule has 1 heterocycles. The lowest BCUT2D eigenvalue weighted by atomic mass is 10.3. The smallest absolute Gasteiger partial charge is 0.0175 e. The van der Waals surface area contributed by atoms with Crippen molar-refractivity contribution in [3.8, 4) is 0 Å². The van der Waals surface area contributed by atoms with Crippen LogP contribution in [0, 0.1) is 0 Å². The molecular weight excluding hydrogens is 110 g/mol. The maximum atomic E-state index is 3.66. The number of likely N-dealkylation sites (tertiary alicyclic amines) is 1. The van der Waals surface area contributed by atoms with Gasteiger partial charge in [-0.1, -0.05) is 12.7 Å².